The highest BCUT2D eigenvalue weighted by Crippen LogP contribution is 2.63. The number of hydrogen-bond donors (Lipinski definition) is 0. The molecule has 0 spiro atoms. The van der Waals surface area contributed by atoms with E-state index in [1.807, 2.05) is 0 Å². The molecule has 2 unspecified atom stereocenters. The second-order valence-electron chi connectivity index (χ2n) is 5.51. The molecule has 0 bridgehead atoms. The molecule has 0 N–H and O–H groups in total. The van der Waals surface area contributed by atoms with Gasteiger partial charge in [-0.3, -0.25) is 4.79 Å². The van der Waals surface area contributed by atoms with Crippen molar-refractivity contribution in [1.29, 1.82) is 0 Å². The van der Waals surface area contributed by atoms with Gasteiger partial charge in [-0.1, -0.05) is 6.92 Å². The highest BCUT2D eigenvalue weighted by molar-refractivity contribution is 5.86. The predicted octanol–water partition coefficient (Wildman–Crippen LogP) is 3.51. The molecule has 116 valence electrons. The molecule has 7 heteroatoms. The van der Waals surface area contributed by atoms with Crippen molar-refractivity contribution in [2.75, 3.05) is 7.05 Å². The average Bonchev–Trinajstić information content (AvgIpc) is 2.99. The van der Waals surface area contributed by atoms with Crippen molar-refractivity contribution < 1.29 is 26.7 Å². The van der Waals surface area contributed by atoms with E-state index < -0.39 is 35.1 Å². The van der Waals surface area contributed by atoms with Crippen LogP contribution in [0.1, 0.15) is 18.9 Å². The van der Waals surface area contributed by atoms with E-state index in [4.69, 9.17) is 0 Å². The normalized spacial score (nSPS) is 24.8. The zero-order valence-electron chi connectivity index (χ0n) is 11.5. The fourth-order valence-corrected chi connectivity index (χ4v) is 2.63. The lowest BCUT2D eigenvalue weighted by molar-refractivity contribution is -0.201. The lowest BCUT2D eigenvalue weighted by atomic mass is 10.0. The van der Waals surface area contributed by atoms with E-state index in [1.54, 1.807) is 0 Å². The number of carbonyl (C=O) groups is 1. The van der Waals surface area contributed by atoms with Crippen LogP contribution in [-0.2, 0) is 11.3 Å². The Morgan fingerprint density at radius 2 is 1.76 bits per heavy atom. The van der Waals surface area contributed by atoms with E-state index >= 15 is 0 Å². The minimum absolute atomic E-state index is 0.106. The van der Waals surface area contributed by atoms with Crippen LogP contribution in [0.25, 0.3) is 0 Å². The first-order valence-corrected chi connectivity index (χ1v) is 6.35. The van der Waals surface area contributed by atoms with E-state index in [2.05, 4.69) is 0 Å². The summed E-state index contributed by atoms with van der Waals surface area (Å²) >= 11 is 0. The Balaban J connectivity index is 2.17. The van der Waals surface area contributed by atoms with Crippen LogP contribution in [0.5, 0.6) is 0 Å². The molecule has 1 aromatic rings. The summed E-state index contributed by atoms with van der Waals surface area (Å²) in [7, 11) is 1.20. The average molecular weight is 307 g/mol. The molecule has 2 rings (SSSR count). The smallest absolute Gasteiger partial charge is 0.341 e. The van der Waals surface area contributed by atoms with Crippen molar-refractivity contribution in [2.45, 2.75) is 26.1 Å². The molecule has 2 nitrogen and oxygen atoms in total. The Kier molecular flexibility index (Phi) is 3.71. The zero-order valence-corrected chi connectivity index (χ0v) is 11.5. The summed E-state index contributed by atoms with van der Waals surface area (Å²) in [5.41, 5.74) is -2.25. The SMILES string of the molecule is CC1CC1(C(=O)N(C)Cc1cc(F)cc(F)c1)C(F)(F)F. The van der Waals surface area contributed by atoms with Crippen molar-refractivity contribution in [3.8, 4) is 0 Å². The molecule has 1 fully saturated rings. The first kappa shape index (κ1) is 15.7. The van der Waals surface area contributed by atoms with Crippen LogP contribution in [0.2, 0.25) is 0 Å². The van der Waals surface area contributed by atoms with E-state index in [0.29, 0.717) is 6.07 Å². The molecule has 0 heterocycles. The van der Waals surface area contributed by atoms with Gasteiger partial charge in [-0.2, -0.15) is 13.2 Å². The molecule has 1 saturated carbocycles. The number of nitrogens with zero attached hydrogens (tertiary/aromatic N) is 1. The number of amides is 1. The summed E-state index contributed by atoms with van der Waals surface area (Å²) in [4.78, 5) is 12.9. The van der Waals surface area contributed by atoms with Crippen LogP contribution >= 0.6 is 0 Å². The highest BCUT2D eigenvalue weighted by Gasteiger charge is 2.74. The Morgan fingerprint density at radius 3 is 2.14 bits per heavy atom. The topological polar surface area (TPSA) is 20.3 Å². The Bertz CT molecular complexity index is 551. The van der Waals surface area contributed by atoms with Gasteiger partial charge in [0.1, 0.15) is 17.0 Å². The molecular weight excluding hydrogens is 293 g/mol. The van der Waals surface area contributed by atoms with Gasteiger partial charge in [0.25, 0.3) is 0 Å². The molecule has 1 amide bonds. The molecule has 0 aliphatic heterocycles. The van der Waals surface area contributed by atoms with E-state index in [-0.39, 0.29) is 18.5 Å². The molecule has 21 heavy (non-hydrogen) atoms. The van der Waals surface area contributed by atoms with Crippen LogP contribution < -0.4 is 0 Å². The quantitative estimate of drug-likeness (QED) is 0.783. The summed E-state index contributed by atoms with van der Waals surface area (Å²) in [5, 5.41) is 0. The van der Waals surface area contributed by atoms with Gasteiger partial charge in [0, 0.05) is 19.7 Å². The Labute approximate surface area is 118 Å². The summed E-state index contributed by atoms with van der Waals surface area (Å²) in [6.07, 6.45) is -4.87. The second-order valence-corrected chi connectivity index (χ2v) is 5.51. The molecular formula is C14H14F5NO. The maximum atomic E-state index is 13.1. The lowest BCUT2D eigenvalue weighted by Crippen LogP contribution is -2.43. The third-order valence-electron chi connectivity index (χ3n) is 3.89. The minimum Gasteiger partial charge on any atom is -0.341 e. The van der Waals surface area contributed by atoms with Crippen molar-refractivity contribution in [3.05, 3.63) is 35.4 Å². The van der Waals surface area contributed by atoms with Crippen molar-refractivity contribution in [3.63, 3.8) is 0 Å². The number of hydrogen-bond acceptors (Lipinski definition) is 1. The Hall–Kier alpha value is -1.66. The monoisotopic (exact) mass is 307 g/mol. The van der Waals surface area contributed by atoms with Gasteiger partial charge in [-0.25, -0.2) is 8.78 Å². The van der Waals surface area contributed by atoms with Crippen LogP contribution in [0.4, 0.5) is 22.0 Å². The predicted molar refractivity (Wildman–Crippen MR) is 65.1 cm³/mol. The summed E-state index contributed by atoms with van der Waals surface area (Å²) < 4.78 is 65.3. The van der Waals surface area contributed by atoms with E-state index in [0.717, 1.165) is 17.0 Å². The van der Waals surface area contributed by atoms with Gasteiger partial charge < -0.3 is 4.90 Å². The summed E-state index contributed by atoms with van der Waals surface area (Å²) in [6.45, 7) is 1.08. The fraction of sp³-hybridized carbons (Fsp3) is 0.500. The highest BCUT2D eigenvalue weighted by atomic mass is 19.4. The number of carbonyl (C=O) groups excluding carboxylic acids is 1. The van der Waals surface area contributed by atoms with Crippen LogP contribution in [0.3, 0.4) is 0 Å². The fourth-order valence-electron chi connectivity index (χ4n) is 2.63. The molecule has 0 radical (unpaired) electrons. The van der Waals surface area contributed by atoms with Gasteiger partial charge in [-0.05, 0) is 30.0 Å². The van der Waals surface area contributed by atoms with Gasteiger partial charge in [0.2, 0.25) is 5.91 Å². The van der Waals surface area contributed by atoms with Crippen LogP contribution in [0, 0.1) is 23.0 Å². The summed E-state index contributed by atoms with van der Waals surface area (Å²) in [6, 6.07) is 2.64. The van der Waals surface area contributed by atoms with E-state index in [1.165, 1.54) is 14.0 Å². The van der Waals surface area contributed by atoms with Crippen molar-refractivity contribution in [1.82, 2.24) is 4.90 Å². The number of rotatable bonds is 3. The molecule has 1 aromatic carbocycles. The lowest BCUT2D eigenvalue weighted by Gasteiger charge is -2.26. The standard InChI is InChI=1S/C14H14F5NO/c1-8-6-13(8,14(17,18)19)12(21)20(2)7-9-3-10(15)5-11(16)4-9/h3-5,8H,6-7H2,1-2H3. The van der Waals surface area contributed by atoms with Gasteiger partial charge in [0.05, 0.1) is 0 Å². The number of alkyl halides is 3. The number of halogens is 5. The first-order chi connectivity index (χ1) is 9.58. The van der Waals surface area contributed by atoms with Crippen LogP contribution in [-0.4, -0.2) is 24.0 Å². The van der Waals surface area contributed by atoms with Crippen LogP contribution in [0.15, 0.2) is 18.2 Å². The maximum Gasteiger partial charge on any atom is 0.403 e. The second kappa shape index (κ2) is 4.96. The Morgan fingerprint density at radius 1 is 1.29 bits per heavy atom. The number of benzene rings is 1. The van der Waals surface area contributed by atoms with Gasteiger partial charge in [-0.15, -0.1) is 0 Å². The van der Waals surface area contributed by atoms with Crippen molar-refractivity contribution in [2.24, 2.45) is 11.3 Å². The third kappa shape index (κ3) is 2.73. The van der Waals surface area contributed by atoms with E-state index in [9.17, 15) is 26.7 Å². The molecule has 1 aliphatic rings. The zero-order chi connectivity index (χ0) is 16.0. The largest absolute Gasteiger partial charge is 0.403 e. The third-order valence-corrected chi connectivity index (χ3v) is 3.89. The molecule has 0 aromatic heterocycles. The minimum atomic E-state index is -4.62. The van der Waals surface area contributed by atoms with Crippen molar-refractivity contribution >= 4 is 5.91 Å². The molecule has 2 atom stereocenters. The summed E-state index contributed by atoms with van der Waals surface area (Å²) in [5.74, 6) is -3.52. The molecule has 1 aliphatic carbocycles. The van der Waals surface area contributed by atoms with Gasteiger partial charge >= 0.3 is 6.18 Å². The molecule has 0 saturated heterocycles. The first-order valence-electron chi connectivity index (χ1n) is 6.35. The van der Waals surface area contributed by atoms with Gasteiger partial charge in [0.15, 0.2) is 0 Å². The maximum absolute atomic E-state index is 13.1.